The minimum absolute atomic E-state index is 0.269. The van der Waals surface area contributed by atoms with Crippen LogP contribution in [0, 0.1) is 0 Å². The van der Waals surface area contributed by atoms with Crippen molar-refractivity contribution in [2.45, 2.75) is 19.4 Å². The van der Waals surface area contributed by atoms with Crippen molar-refractivity contribution >= 4 is 17.9 Å². The molecule has 0 saturated carbocycles. The predicted octanol–water partition coefficient (Wildman–Crippen LogP) is 0.512. The molecule has 0 aliphatic rings. The van der Waals surface area contributed by atoms with E-state index in [1.807, 2.05) is 0 Å². The second-order valence-electron chi connectivity index (χ2n) is 4.66. The zero-order chi connectivity index (χ0) is 14.5. The maximum absolute atomic E-state index is 12.3. The highest BCUT2D eigenvalue weighted by Gasteiger charge is 2.26. The summed E-state index contributed by atoms with van der Waals surface area (Å²) in [6, 6.07) is 4.79. The number of carbonyl (C=O) groups excluding carboxylic acids is 2. The number of Topliss-reactive ketones (excluding diaryl/α,β-unsaturated/α-hetero) is 1. The van der Waals surface area contributed by atoms with Crippen LogP contribution in [-0.4, -0.2) is 30.9 Å². The maximum Gasteiger partial charge on any atom is 0.211 e. The van der Waals surface area contributed by atoms with Gasteiger partial charge in [0.05, 0.1) is 11.1 Å². The first-order chi connectivity index (χ1) is 8.90. The van der Waals surface area contributed by atoms with E-state index in [1.54, 1.807) is 26.0 Å². The molecule has 6 nitrogen and oxygen atoms in total. The summed E-state index contributed by atoms with van der Waals surface area (Å²) in [5.41, 5.74) is 11.0. The molecule has 0 radical (unpaired) electrons. The molecule has 1 aromatic rings. The standard InChI is InChI=1S/C13H19N3O3/c1-13(2,15)12(18)10-7-9(16-8-17)3-4-11(10)19-6-5-14/h3-4,7-8H,5-6,14-15H2,1-2H3,(H,16,17). The molecule has 0 bridgehead atoms. The van der Waals surface area contributed by atoms with Crippen LogP contribution >= 0.6 is 0 Å². The summed E-state index contributed by atoms with van der Waals surface area (Å²) in [4.78, 5) is 22.7. The monoisotopic (exact) mass is 265 g/mol. The summed E-state index contributed by atoms with van der Waals surface area (Å²) in [7, 11) is 0. The van der Waals surface area contributed by atoms with Crippen LogP contribution in [-0.2, 0) is 4.79 Å². The summed E-state index contributed by atoms with van der Waals surface area (Å²) in [6.07, 6.45) is 0.539. The molecule has 0 heterocycles. The SMILES string of the molecule is CC(C)(N)C(=O)c1cc(NC=O)ccc1OCCN. The third-order valence-corrected chi connectivity index (χ3v) is 2.41. The van der Waals surface area contributed by atoms with Crippen LogP contribution in [0.1, 0.15) is 24.2 Å². The number of ketones is 1. The average molecular weight is 265 g/mol. The average Bonchev–Trinajstić information content (AvgIpc) is 2.35. The van der Waals surface area contributed by atoms with E-state index in [0.29, 0.717) is 36.6 Å². The molecular weight excluding hydrogens is 246 g/mol. The van der Waals surface area contributed by atoms with Crippen molar-refractivity contribution in [2.24, 2.45) is 11.5 Å². The number of hydrogen-bond donors (Lipinski definition) is 3. The topological polar surface area (TPSA) is 107 Å². The fourth-order valence-corrected chi connectivity index (χ4v) is 1.51. The quantitative estimate of drug-likeness (QED) is 0.492. The second kappa shape index (κ2) is 6.31. The number of rotatable bonds is 7. The highest BCUT2D eigenvalue weighted by atomic mass is 16.5. The number of benzene rings is 1. The number of anilines is 1. The fraction of sp³-hybridized carbons (Fsp3) is 0.385. The van der Waals surface area contributed by atoms with Crippen LogP contribution in [0.3, 0.4) is 0 Å². The van der Waals surface area contributed by atoms with E-state index >= 15 is 0 Å². The second-order valence-corrected chi connectivity index (χ2v) is 4.66. The van der Waals surface area contributed by atoms with Gasteiger partial charge in [-0.15, -0.1) is 0 Å². The van der Waals surface area contributed by atoms with Gasteiger partial charge in [-0.05, 0) is 32.0 Å². The van der Waals surface area contributed by atoms with E-state index in [2.05, 4.69) is 5.32 Å². The van der Waals surface area contributed by atoms with Gasteiger partial charge in [-0.3, -0.25) is 9.59 Å². The van der Waals surface area contributed by atoms with Crippen LogP contribution in [0.2, 0.25) is 0 Å². The summed E-state index contributed by atoms with van der Waals surface area (Å²) in [5, 5.41) is 2.48. The molecule has 0 spiro atoms. The van der Waals surface area contributed by atoms with Crippen LogP contribution in [0.4, 0.5) is 5.69 Å². The summed E-state index contributed by atoms with van der Waals surface area (Å²) >= 11 is 0. The van der Waals surface area contributed by atoms with Gasteiger partial charge in [0.2, 0.25) is 6.41 Å². The Kier molecular flexibility index (Phi) is 5.02. The van der Waals surface area contributed by atoms with Gasteiger partial charge in [-0.25, -0.2) is 0 Å². The minimum atomic E-state index is -1.03. The first-order valence-electron chi connectivity index (χ1n) is 5.91. The zero-order valence-corrected chi connectivity index (χ0v) is 11.1. The molecule has 0 fully saturated rings. The molecule has 19 heavy (non-hydrogen) atoms. The molecule has 6 heteroatoms. The lowest BCUT2D eigenvalue weighted by molar-refractivity contribution is -0.105. The van der Waals surface area contributed by atoms with Crippen molar-refractivity contribution in [1.29, 1.82) is 0 Å². The van der Waals surface area contributed by atoms with Crippen molar-refractivity contribution < 1.29 is 14.3 Å². The van der Waals surface area contributed by atoms with E-state index in [4.69, 9.17) is 16.2 Å². The summed E-state index contributed by atoms with van der Waals surface area (Å²) in [5.74, 6) is 0.138. The van der Waals surface area contributed by atoms with E-state index in [0.717, 1.165) is 0 Å². The molecular formula is C13H19N3O3. The lowest BCUT2D eigenvalue weighted by Crippen LogP contribution is -2.41. The van der Waals surface area contributed by atoms with Crippen LogP contribution < -0.4 is 21.5 Å². The predicted molar refractivity (Wildman–Crippen MR) is 73.3 cm³/mol. The Hall–Kier alpha value is -1.92. The molecule has 0 aliphatic heterocycles. The van der Waals surface area contributed by atoms with Crippen molar-refractivity contribution in [3.05, 3.63) is 23.8 Å². The number of carbonyl (C=O) groups is 2. The third kappa shape index (κ3) is 4.04. The number of amides is 1. The first kappa shape index (κ1) is 15.1. The highest BCUT2D eigenvalue weighted by molar-refractivity contribution is 6.05. The Labute approximate surface area is 112 Å². The van der Waals surface area contributed by atoms with Crippen molar-refractivity contribution in [3.8, 4) is 5.75 Å². The number of nitrogens with two attached hydrogens (primary N) is 2. The molecule has 0 aliphatic carbocycles. The zero-order valence-electron chi connectivity index (χ0n) is 11.1. The Bertz CT molecular complexity index is 467. The van der Waals surface area contributed by atoms with Crippen molar-refractivity contribution in [2.75, 3.05) is 18.5 Å². The number of nitrogens with one attached hydrogen (secondary N) is 1. The fourth-order valence-electron chi connectivity index (χ4n) is 1.51. The third-order valence-electron chi connectivity index (χ3n) is 2.41. The summed E-state index contributed by atoms with van der Waals surface area (Å²) in [6.45, 7) is 3.86. The van der Waals surface area contributed by atoms with Crippen molar-refractivity contribution in [3.63, 3.8) is 0 Å². The van der Waals surface area contributed by atoms with Gasteiger partial charge in [0.1, 0.15) is 12.4 Å². The Morgan fingerprint density at radius 3 is 2.68 bits per heavy atom. The molecule has 1 aromatic carbocycles. The van der Waals surface area contributed by atoms with Crippen LogP contribution in [0.5, 0.6) is 5.75 Å². The maximum atomic E-state index is 12.3. The molecule has 1 amide bonds. The normalized spacial score (nSPS) is 10.9. The number of ether oxygens (including phenoxy) is 1. The highest BCUT2D eigenvalue weighted by Crippen LogP contribution is 2.26. The Morgan fingerprint density at radius 2 is 2.16 bits per heavy atom. The molecule has 0 unspecified atom stereocenters. The number of hydrogen-bond acceptors (Lipinski definition) is 5. The van der Waals surface area contributed by atoms with Gasteiger partial charge in [-0.2, -0.15) is 0 Å². The van der Waals surface area contributed by atoms with Gasteiger partial charge in [0, 0.05) is 12.2 Å². The van der Waals surface area contributed by atoms with E-state index in [9.17, 15) is 9.59 Å². The molecule has 0 atom stereocenters. The molecule has 5 N–H and O–H groups in total. The lowest BCUT2D eigenvalue weighted by Gasteiger charge is -2.19. The lowest BCUT2D eigenvalue weighted by atomic mass is 9.93. The molecule has 1 rings (SSSR count). The summed E-state index contributed by atoms with van der Waals surface area (Å²) < 4.78 is 5.42. The first-order valence-corrected chi connectivity index (χ1v) is 5.91. The molecule has 0 saturated heterocycles. The van der Waals surface area contributed by atoms with Gasteiger partial charge in [0.25, 0.3) is 0 Å². The van der Waals surface area contributed by atoms with Gasteiger partial charge in [0.15, 0.2) is 5.78 Å². The molecule has 104 valence electrons. The largest absolute Gasteiger partial charge is 0.492 e. The minimum Gasteiger partial charge on any atom is -0.492 e. The van der Waals surface area contributed by atoms with Crippen LogP contribution in [0.15, 0.2) is 18.2 Å². The van der Waals surface area contributed by atoms with E-state index in [-0.39, 0.29) is 5.78 Å². The van der Waals surface area contributed by atoms with Crippen molar-refractivity contribution in [1.82, 2.24) is 0 Å². The van der Waals surface area contributed by atoms with Gasteiger partial charge < -0.3 is 21.5 Å². The van der Waals surface area contributed by atoms with E-state index in [1.165, 1.54) is 6.07 Å². The van der Waals surface area contributed by atoms with Gasteiger partial charge >= 0.3 is 0 Å². The smallest absolute Gasteiger partial charge is 0.211 e. The molecule has 0 aromatic heterocycles. The van der Waals surface area contributed by atoms with Gasteiger partial charge in [-0.1, -0.05) is 0 Å². The Morgan fingerprint density at radius 1 is 1.47 bits per heavy atom. The van der Waals surface area contributed by atoms with Crippen LogP contribution in [0.25, 0.3) is 0 Å². The van der Waals surface area contributed by atoms with E-state index < -0.39 is 5.54 Å². The Balaban J connectivity index is 3.17.